The van der Waals surface area contributed by atoms with Crippen molar-refractivity contribution in [1.82, 2.24) is 10.0 Å². The number of hydrogen-bond acceptors (Lipinski definition) is 3. The lowest BCUT2D eigenvalue weighted by Gasteiger charge is -2.09. The summed E-state index contributed by atoms with van der Waals surface area (Å²) in [5.74, 6) is -0.0792. The van der Waals surface area contributed by atoms with Crippen molar-refractivity contribution in [2.75, 3.05) is 19.3 Å². The first-order valence-electron chi connectivity index (χ1n) is 5.53. The van der Waals surface area contributed by atoms with E-state index >= 15 is 0 Å². The third kappa shape index (κ3) is 5.58. The van der Waals surface area contributed by atoms with E-state index in [1.165, 1.54) is 12.1 Å². The topological polar surface area (TPSA) is 58.2 Å². The third-order valence-electron chi connectivity index (χ3n) is 2.40. The van der Waals surface area contributed by atoms with Gasteiger partial charge in [-0.05, 0) is 24.7 Å². The maximum absolute atomic E-state index is 12.3. The molecule has 0 saturated heterocycles. The molecule has 1 aromatic rings. The fourth-order valence-corrected chi connectivity index (χ4v) is 2.32. The molecule has 0 heterocycles. The van der Waals surface area contributed by atoms with Crippen molar-refractivity contribution in [2.45, 2.75) is 12.7 Å². The Balaban J connectivity index is 2.60. The number of halogens is 3. The second kappa shape index (κ2) is 6.36. The van der Waals surface area contributed by atoms with Gasteiger partial charge in [-0.1, -0.05) is 12.1 Å². The monoisotopic (exact) mass is 296 g/mol. The first-order chi connectivity index (χ1) is 8.74. The molecule has 4 nitrogen and oxygen atoms in total. The van der Waals surface area contributed by atoms with Crippen molar-refractivity contribution < 1.29 is 21.6 Å². The fourth-order valence-electron chi connectivity index (χ4n) is 1.31. The number of nitrogens with one attached hydrogen (secondary N) is 2. The predicted molar refractivity (Wildman–Crippen MR) is 66.0 cm³/mol. The van der Waals surface area contributed by atoms with Gasteiger partial charge in [0.25, 0.3) is 0 Å². The quantitative estimate of drug-likeness (QED) is 0.833. The number of sulfonamides is 1. The molecule has 0 unspecified atom stereocenters. The van der Waals surface area contributed by atoms with Gasteiger partial charge in [-0.15, -0.1) is 0 Å². The van der Waals surface area contributed by atoms with Crippen molar-refractivity contribution in [3.8, 4) is 0 Å². The molecule has 0 radical (unpaired) electrons. The fraction of sp³-hybridized carbons (Fsp3) is 0.455. The summed E-state index contributed by atoms with van der Waals surface area (Å²) in [6.45, 7) is 0.284. The largest absolute Gasteiger partial charge is 0.416 e. The minimum absolute atomic E-state index is 0.0236. The van der Waals surface area contributed by atoms with Gasteiger partial charge in [-0.25, -0.2) is 13.1 Å². The third-order valence-corrected chi connectivity index (χ3v) is 3.72. The Kier molecular flexibility index (Phi) is 5.33. The summed E-state index contributed by atoms with van der Waals surface area (Å²) in [5.41, 5.74) is -0.282. The van der Waals surface area contributed by atoms with Gasteiger partial charge in [0.1, 0.15) is 0 Å². The van der Waals surface area contributed by atoms with Crippen LogP contribution in [-0.4, -0.2) is 27.8 Å². The van der Waals surface area contributed by atoms with Crippen LogP contribution in [0, 0.1) is 0 Å². The van der Waals surface area contributed by atoms with Crippen molar-refractivity contribution in [3.05, 3.63) is 35.4 Å². The lowest BCUT2D eigenvalue weighted by atomic mass is 10.1. The smallest absolute Gasteiger partial charge is 0.319 e. The number of rotatable bonds is 6. The van der Waals surface area contributed by atoms with Crippen LogP contribution in [0.1, 0.15) is 11.1 Å². The van der Waals surface area contributed by atoms with Gasteiger partial charge in [-0.2, -0.15) is 13.2 Å². The molecule has 0 atom stereocenters. The molecular weight excluding hydrogens is 281 g/mol. The summed E-state index contributed by atoms with van der Waals surface area (Å²) >= 11 is 0. The Hall–Kier alpha value is -1.12. The molecule has 2 N–H and O–H groups in total. The van der Waals surface area contributed by atoms with Crippen LogP contribution in [0.3, 0.4) is 0 Å². The van der Waals surface area contributed by atoms with Crippen LogP contribution in [0.15, 0.2) is 24.3 Å². The average Bonchev–Trinajstić information content (AvgIpc) is 2.34. The highest BCUT2D eigenvalue weighted by Crippen LogP contribution is 2.28. The molecular formula is C11H15F3N2O2S. The van der Waals surface area contributed by atoms with E-state index in [1.807, 2.05) is 0 Å². The van der Waals surface area contributed by atoms with Gasteiger partial charge in [0.15, 0.2) is 0 Å². The van der Waals surface area contributed by atoms with E-state index in [1.54, 1.807) is 7.05 Å². The molecule has 0 spiro atoms. The molecule has 1 rings (SSSR count). The summed E-state index contributed by atoms with van der Waals surface area (Å²) in [5, 5.41) is 2.70. The van der Waals surface area contributed by atoms with E-state index < -0.39 is 21.8 Å². The lowest BCUT2D eigenvalue weighted by Crippen LogP contribution is -2.30. The molecule has 8 heteroatoms. The highest BCUT2D eigenvalue weighted by atomic mass is 32.2. The van der Waals surface area contributed by atoms with Crippen molar-refractivity contribution in [2.24, 2.45) is 0 Å². The van der Waals surface area contributed by atoms with E-state index in [-0.39, 0.29) is 12.3 Å². The van der Waals surface area contributed by atoms with E-state index in [0.717, 1.165) is 12.1 Å². The number of hydrogen-bond donors (Lipinski definition) is 2. The standard InChI is InChI=1S/C11H15F3N2O2S/c1-15-6-7-19(17,18)16-8-9-2-4-10(5-3-9)11(12,13)14/h2-5,15-16H,6-8H2,1H3. The second-order valence-electron chi connectivity index (χ2n) is 3.94. The molecule has 0 aliphatic rings. The zero-order valence-corrected chi connectivity index (χ0v) is 11.1. The molecule has 0 fully saturated rings. The Labute approximate surface area is 110 Å². The first kappa shape index (κ1) is 15.9. The maximum Gasteiger partial charge on any atom is 0.416 e. The SMILES string of the molecule is CNCCS(=O)(=O)NCc1ccc(C(F)(F)F)cc1. The van der Waals surface area contributed by atoms with Gasteiger partial charge >= 0.3 is 6.18 Å². The molecule has 1 aromatic carbocycles. The van der Waals surface area contributed by atoms with Crippen LogP contribution in [-0.2, 0) is 22.7 Å². The molecule has 0 aliphatic heterocycles. The van der Waals surface area contributed by atoms with Crippen LogP contribution < -0.4 is 10.0 Å². The van der Waals surface area contributed by atoms with Crippen LogP contribution in [0.4, 0.5) is 13.2 Å². The Morgan fingerprint density at radius 1 is 1.16 bits per heavy atom. The zero-order valence-electron chi connectivity index (χ0n) is 10.3. The van der Waals surface area contributed by atoms with Gasteiger partial charge in [0.05, 0.1) is 11.3 Å². The minimum Gasteiger partial charge on any atom is -0.319 e. The lowest BCUT2D eigenvalue weighted by molar-refractivity contribution is -0.137. The molecule has 0 aromatic heterocycles. The average molecular weight is 296 g/mol. The highest BCUT2D eigenvalue weighted by molar-refractivity contribution is 7.89. The van der Waals surface area contributed by atoms with E-state index in [9.17, 15) is 21.6 Å². The normalized spacial score (nSPS) is 12.6. The van der Waals surface area contributed by atoms with Crippen LogP contribution in [0.5, 0.6) is 0 Å². The molecule has 0 saturated carbocycles. The van der Waals surface area contributed by atoms with Crippen LogP contribution in [0.25, 0.3) is 0 Å². The van der Waals surface area contributed by atoms with Crippen molar-refractivity contribution in [1.29, 1.82) is 0 Å². The maximum atomic E-state index is 12.3. The molecule has 108 valence electrons. The number of benzene rings is 1. The number of alkyl halides is 3. The second-order valence-corrected chi connectivity index (χ2v) is 5.86. The van der Waals surface area contributed by atoms with Gasteiger partial charge in [-0.3, -0.25) is 0 Å². The van der Waals surface area contributed by atoms with E-state index in [2.05, 4.69) is 10.0 Å². The van der Waals surface area contributed by atoms with Crippen molar-refractivity contribution >= 4 is 10.0 Å². The van der Waals surface area contributed by atoms with Gasteiger partial charge in [0.2, 0.25) is 10.0 Å². The van der Waals surface area contributed by atoms with Gasteiger partial charge < -0.3 is 5.32 Å². The summed E-state index contributed by atoms with van der Waals surface area (Å²) < 4.78 is 62.2. The van der Waals surface area contributed by atoms with Gasteiger partial charge in [0, 0.05) is 13.1 Å². The summed E-state index contributed by atoms with van der Waals surface area (Å²) in [6.07, 6.45) is -4.38. The Bertz CT molecular complexity index is 498. The molecule has 0 bridgehead atoms. The van der Waals surface area contributed by atoms with Crippen molar-refractivity contribution in [3.63, 3.8) is 0 Å². The Morgan fingerprint density at radius 2 is 1.74 bits per heavy atom. The minimum atomic E-state index is -4.38. The van der Waals surface area contributed by atoms with Crippen LogP contribution in [0.2, 0.25) is 0 Å². The Morgan fingerprint density at radius 3 is 2.21 bits per heavy atom. The summed E-state index contributed by atoms with van der Waals surface area (Å²) in [4.78, 5) is 0. The predicted octanol–water partition coefficient (Wildman–Crippen LogP) is 1.34. The van der Waals surface area contributed by atoms with E-state index in [4.69, 9.17) is 0 Å². The first-order valence-corrected chi connectivity index (χ1v) is 7.18. The van der Waals surface area contributed by atoms with E-state index in [0.29, 0.717) is 12.1 Å². The summed E-state index contributed by atoms with van der Waals surface area (Å²) in [6, 6.07) is 4.36. The van der Waals surface area contributed by atoms with Crippen LogP contribution >= 0.6 is 0 Å². The molecule has 19 heavy (non-hydrogen) atoms. The summed E-state index contributed by atoms with van der Waals surface area (Å²) in [7, 11) is -1.78. The molecule has 0 aliphatic carbocycles. The molecule has 0 amide bonds. The zero-order chi connectivity index (χ0) is 14.5. The highest BCUT2D eigenvalue weighted by Gasteiger charge is 2.29.